The minimum Gasteiger partial charge on any atom is -0.482 e. The Morgan fingerprint density at radius 1 is 1.21 bits per heavy atom. The van der Waals surface area contributed by atoms with E-state index < -0.39 is 17.7 Å². The number of aliphatic hydroxyl groups excluding tert-OH is 1. The first-order chi connectivity index (χ1) is 13.6. The monoisotopic (exact) mass is 433 g/mol. The van der Waals surface area contributed by atoms with Crippen molar-refractivity contribution >= 4 is 17.6 Å². The molecule has 160 valence electrons. The zero-order chi connectivity index (χ0) is 21.9. The lowest BCUT2D eigenvalue weighted by molar-refractivity contribution is -0.139. The lowest BCUT2D eigenvalue weighted by atomic mass is 10.0. The van der Waals surface area contributed by atoms with Gasteiger partial charge >= 0.3 is 12.1 Å². The molecule has 0 aliphatic carbocycles. The molecule has 0 spiro atoms. The summed E-state index contributed by atoms with van der Waals surface area (Å²) in [6.45, 7) is 2.00. The Morgan fingerprint density at radius 3 is 2.41 bits per heavy atom. The molecule has 0 aromatic heterocycles. The number of ether oxygens (including phenoxy) is 1. The maximum atomic E-state index is 12.5. The number of hydrogen-bond acceptors (Lipinski definition) is 4. The van der Waals surface area contributed by atoms with Crippen molar-refractivity contribution in [3.8, 4) is 5.75 Å². The Labute approximate surface area is 172 Å². The van der Waals surface area contributed by atoms with Crippen LogP contribution < -0.4 is 10.1 Å². The fourth-order valence-corrected chi connectivity index (χ4v) is 2.41. The maximum absolute atomic E-state index is 12.5. The summed E-state index contributed by atoms with van der Waals surface area (Å²) < 4.78 is 42.2. The zero-order valence-electron chi connectivity index (χ0n) is 15.7. The van der Waals surface area contributed by atoms with Gasteiger partial charge in [0.1, 0.15) is 5.75 Å². The third-order valence-corrected chi connectivity index (χ3v) is 3.83. The second-order valence-electron chi connectivity index (χ2n) is 6.12. The van der Waals surface area contributed by atoms with Crippen LogP contribution in [0.2, 0.25) is 5.02 Å². The second-order valence-corrected chi connectivity index (χ2v) is 6.55. The van der Waals surface area contributed by atoms with Gasteiger partial charge in [-0.2, -0.15) is 13.2 Å². The standard InChI is InChI=1S/C12H16F3NO.C8H7ClO3/c1-9(16-5-6-17)7-10-3-2-4-11(8-10)12(13,14)15;9-6-1-3-7(4-2-6)12-5-8(10)11/h2-4,8-9,16-17H,5-7H2,1H3;1-4H,5H2,(H,10,11). The topological polar surface area (TPSA) is 78.8 Å². The molecule has 3 N–H and O–H groups in total. The lowest BCUT2D eigenvalue weighted by Gasteiger charge is -2.14. The molecular weight excluding hydrogens is 411 g/mol. The molecule has 1 atom stereocenters. The molecule has 0 saturated heterocycles. The number of rotatable bonds is 8. The van der Waals surface area contributed by atoms with E-state index in [-0.39, 0.29) is 19.3 Å². The smallest absolute Gasteiger partial charge is 0.416 e. The van der Waals surface area contributed by atoms with E-state index in [0.29, 0.717) is 29.3 Å². The van der Waals surface area contributed by atoms with Crippen molar-refractivity contribution in [2.45, 2.75) is 25.6 Å². The number of hydrogen-bond donors (Lipinski definition) is 3. The van der Waals surface area contributed by atoms with Crippen molar-refractivity contribution in [2.75, 3.05) is 19.8 Å². The summed E-state index contributed by atoms with van der Waals surface area (Å²) in [4.78, 5) is 10.1. The molecule has 9 heteroatoms. The molecule has 0 amide bonds. The van der Waals surface area contributed by atoms with E-state index >= 15 is 0 Å². The van der Waals surface area contributed by atoms with Gasteiger partial charge in [-0.1, -0.05) is 29.8 Å². The molecule has 2 rings (SSSR count). The van der Waals surface area contributed by atoms with Gasteiger partial charge in [-0.05, 0) is 49.2 Å². The van der Waals surface area contributed by atoms with E-state index in [0.717, 1.165) is 12.1 Å². The van der Waals surface area contributed by atoms with E-state index in [1.165, 1.54) is 6.07 Å². The highest BCUT2D eigenvalue weighted by Crippen LogP contribution is 2.29. The molecule has 0 fully saturated rings. The van der Waals surface area contributed by atoms with Crippen LogP contribution in [0.5, 0.6) is 5.75 Å². The van der Waals surface area contributed by atoms with Gasteiger partial charge in [0.05, 0.1) is 12.2 Å². The normalized spacial score (nSPS) is 11.9. The average Bonchev–Trinajstić information content (AvgIpc) is 2.66. The van der Waals surface area contributed by atoms with Crippen molar-refractivity contribution in [2.24, 2.45) is 0 Å². The van der Waals surface area contributed by atoms with Crippen LogP contribution in [0.15, 0.2) is 48.5 Å². The fraction of sp³-hybridized carbons (Fsp3) is 0.350. The number of aliphatic carboxylic acids is 1. The highest BCUT2D eigenvalue weighted by atomic mass is 35.5. The quantitative estimate of drug-likeness (QED) is 0.586. The Hall–Kier alpha value is -2.29. The van der Waals surface area contributed by atoms with Gasteiger partial charge in [0.15, 0.2) is 6.61 Å². The predicted molar refractivity (Wildman–Crippen MR) is 104 cm³/mol. The van der Waals surface area contributed by atoms with Crippen molar-refractivity contribution in [1.82, 2.24) is 5.32 Å². The number of carbonyl (C=O) groups is 1. The van der Waals surface area contributed by atoms with Crippen LogP contribution in [-0.2, 0) is 17.4 Å². The molecule has 0 aliphatic heterocycles. The van der Waals surface area contributed by atoms with Crippen molar-refractivity contribution < 1.29 is 32.9 Å². The molecule has 2 aromatic carbocycles. The Bertz CT molecular complexity index is 754. The van der Waals surface area contributed by atoms with Gasteiger partial charge in [0.2, 0.25) is 0 Å². The summed E-state index contributed by atoms with van der Waals surface area (Å²) in [5, 5.41) is 20.5. The average molecular weight is 434 g/mol. The van der Waals surface area contributed by atoms with Crippen LogP contribution in [0, 0.1) is 0 Å². The van der Waals surface area contributed by atoms with Crippen LogP contribution in [0.3, 0.4) is 0 Å². The van der Waals surface area contributed by atoms with Crippen molar-refractivity contribution in [3.05, 3.63) is 64.7 Å². The molecule has 1 unspecified atom stereocenters. The predicted octanol–water partition coefficient (Wildman–Crippen LogP) is 4.02. The SMILES string of the molecule is CC(Cc1cccc(C(F)(F)F)c1)NCCO.O=C(O)COc1ccc(Cl)cc1. The second kappa shape index (κ2) is 12.3. The minimum absolute atomic E-state index is 0.0208. The van der Waals surface area contributed by atoms with Crippen LogP contribution in [0.25, 0.3) is 0 Å². The molecule has 5 nitrogen and oxygen atoms in total. The van der Waals surface area contributed by atoms with Gasteiger partial charge in [0.25, 0.3) is 0 Å². The first-order valence-corrected chi connectivity index (χ1v) is 9.10. The summed E-state index contributed by atoms with van der Waals surface area (Å²) in [5.74, 6) is -0.494. The van der Waals surface area contributed by atoms with Gasteiger partial charge in [0, 0.05) is 17.6 Å². The first kappa shape index (κ1) is 24.7. The summed E-state index contributed by atoms with van der Waals surface area (Å²) in [6, 6.07) is 11.9. The van der Waals surface area contributed by atoms with Gasteiger partial charge in [-0.3, -0.25) is 0 Å². The number of benzene rings is 2. The molecule has 0 radical (unpaired) electrons. The fourth-order valence-electron chi connectivity index (χ4n) is 2.29. The molecule has 0 bridgehead atoms. The van der Waals surface area contributed by atoms with E-state index in [4.69, 9.17) is 26.6 Å². The summed E-state index contributed by atoms with van der Waals surface area (Å²) in [5.41, 5.74) is 0.0159. The van der Waals surface area contributed by atoms with Crippen LogP contribution in [-0.4, -0.2) is 42.0 Å². The first-order valence-electron chi connectivity index (χ1n) is 8.72. The lowest BCUT2D eigenvalue weighted by Crippen LogP contribution is -2.30. The van der Waals surface area contributed by atoms with Gasteiger partial charge in [-0.25, -0.2) is 4.79 Å². The highest BCUT2D eigenvalue weighted by molar-refractivity contribution is 6.30. The summed E-state index contributed by atoms with van der Waals surface area (Å²) in [7, 11) is 0. The van der Waals surface area contributed by atoms with Crippen molar-refractivity contribution in [3.63, 3.8) is 0 Å². The third-order valence-electron chi connectivity index (χ3n) is 3.58. The molecule has 2 aromatic rings. The van der Waals surface area contributed by atoms with E-state index in [1.54, 1.807) is 30.3 Å². The summed E-state index contributed by atoms with van der Waals surface area (Å²) in [6.07, 6.45) is -3.79. The van der Waals surface area contributed by atoms with E-state index in [2.05, 4.69) is 5.32 Å². The number of halogens is 4. The van der Waals surface area contributed by atoms with Gasteiger partial charge in [-0.15, -0.1) is 0 Å². The zero-order valence-corrected chi connectivity index (χ0v) is 16.5. The summed E-state index contributed by atoms with van der Waals surface area (Å²) >= 11 is 5.60. The van der Waals surface area contributed by atoms with Crippen molar-refractivity contribution in [1.29, 1.82) is 0 Å². The maximum Gasteiger partial charge on any atom is 0.416 e. The Morgan fingerprint density at radius 2 is 1.86 bits per heavy atom. The molecule has 29 heavy (non-hydrogen) atoms. The largest absolute Gasteiger partial charge is 0.482 e. The number of nitrogens with one attached hydrogen (secondary N) is 1. The van der Waals surface area contributed by atoms with Crippen LogP contribution in [0.1, 0.15) is 18.1 Å². The van der Waals surface area contributed by atoms with E-state index in [1.807, 2.05) is 6.92 Å². The molecular formula is C20H23ClF3NO4. The third kappa shape index (κ3) is 10.7. The van der Waals surface area contributed by atoms with E-state index in [9.17, 15) is 18.0 Å². The minimum atomic E-state index is -4.29. The molecule has 0 aliphatic rings. The number of alkyl halides is 3. The molecule has 0 heterocycles. The number of carboxylic acid groups (broad SMARTS) is 1. The van der Waals surface area contributed by atoms with Crippen LogP contribution >= 0.6 is 11.6 Å². The van der Waals surface area contributed by atoms with Crippen LogP contribution in [0.4, 0.5) is 13.2 Å². The number of aliphatic hydroxyl groups is 1. The molecule has 0 saturated carbocycles. The van der Waals surface area contributed by atoms with Gasteiger partial charge < -0.3 is 20.3 Å². The Kier molecular flexibility index (Phi) is 10.5. The Balaban J connectivity index is 0.000000308. The number of carboxylic acids is 1. The highest BCUT2D eigenvalue weighted by Gasteiger charge is 2.30.